The summed E-state index contributed by atoms with van der Waals surface area (Å²) in [4.78, 5) is 1.34. The van der Waals surface area contributed by atoms with Crippen LogP contribution in [0.1, 0.15) is 23.5 Å². The molecule has 1 heterocycles. The topological polar surface area (TPSA) is 46.2 Å². The van der Waals surface area contributed by atoms with Crippen molar-refractivity contribution in [2.45, 2.75) is 24.6 Å². The predicted molar refractivity (Wildman–Crippen MR) is 64.9 cm³/mol. The molecule has 0 aliphatic carbocycles. The van der Waals surface area contributed by atoms with Gasteiger partial charge in [0.05, 0.1) is 5.25 Å². The van der Waals surface area contributed by atoms with Crippen LogP contribution >= 0.6 is 23.1 Å². The molecule has 0 aromatic carbocycles. The summed E-state index contributed by atoms with van der Waals surface area (Å²) in [7, 11) is 0. The second-order valence-corrected chi connectivity index (χ2v) is 5.47. The molecule has 14 heavy (non-hydrogen) atoms. The van der Waals surface area contributed by atoms with E-state index in [1.807, 2.05) is 18.7 Å². The number of thiophene rings is 1. The zero-order valence-corrected chi connectivity index (χ0v) is 9.98. The molecular formula is C10H17NOS2. The first-order chi connectivity index (χ1) is 6.75. The van der Waals surface area contributed by atoms with Gasteiger partial charge in [-0.15, -0.1) is 11.3 Å². The van der Waals surface area contributed by atoms with E-state index in [0.717, 1.165) is 12.2 Å². The van der Waals surface area contributed by atoms with Crippen LogP contribution in [0.15, 0.2) is 17.5 Å². The van der Waals surface area contributed by atoms with Crippen LogP contribution in [-0.2, 0) is 0 Å². The van der Waals surface area contributed by atoms with Gasteiger partial charge in [-0.2, -0.15) is 11.8 Å². The van der Waals surface area contributed by atoms with E-state index in [1.54, 1.807) is 11.3 Å². The van der Waals surface area contributed by atoms with Crippen molar-refractivity contribution in [1.82, 2.24) is 0 Å². The average Bonchev–Trinajstić information content (AvgIpc) is 2.64. The fourth-order valence-corrected chi connectivity index (χ4v) is 3.51. The molecule has 1 rings (SSSR count). The Morgan fingerprint density at radius 2 is 2.43 bits per heavy atom. The SMILES string of the molecule is CC(N)C(SCCCO)c1cccs1. The van der Waals surface area contributed by atoms with Crippen LogP contribution in [0.4, 0.5) is 0 Å². The lowest BCUT2D eigenvalue weighted by Crippen LogP contribution is -2.22. The number of aliphatic hydroxyl groups excluding tert-OH is 1. The van der Waals surface area contributed by atoms with Crippen molar-refractivity contribution in [2.75, 3.05) is 12.4 Å². The molecule has 0 amide bonds. The normalized spacial score (nSPS) is 15.4. The Bertz CT molecular complexity index is 236. The maximum absolute atomic E-state index is 8.71. The van der Waals surface area contributed by atoms with Crippen LogP contribution in [-0.4, -0.2) is 23.5 Å². The number of rotatable bonds is 6. The summed E-state index contributed by atoms with van der Waals surface area (Å²) >= 11 is 3.59. The van der Waals surface area contributed by atoms with Gasteiger partial charge >= 0.3 is 0 Å². The second-order valence-electron chi connectivity index (χ2n) is 3.24. The minimum Gasteiger partial charge on any atom is -0.396 e. The molecule has 0 saturated carbocycles. The molecule has 0 spiro atoms. The maximum Gasteiger partial charge on any atom is 0.0539 e. The summed E-state index contributed by atoms with van der Waals surface area (Å²) in [6.07, 6.45) is 0.846. The van der Waals surface area contributed by atoms with E-state index in [-0.39, 0.29) is 12.6 Å². The molecule has 2 nitrogen and oxygen atoms in total. The molecule has 2 unspecified atom stereocenters. The fourth-order valence-electron chi connectivity index (χ4n) is 1.22. The minimum absolute atomic E-state index is 0.164. The third-order valence-electron chi connectivity index (χ3n) is 1.90. The van der Waals surface area contributed by atoms with Crippen molar-refractivity contribution in [2.24, 2.45) is 5.73 Å². The zero-order chi connectivity index (χ0) is 10.4. The third-order valence-corrected chi connectivity index (χ3v) is 4.57. The molecule has 4 heteroatoms. The standard InChI is InChI=1S/C10H17NOS2/c1-8(11)10(14-7-3-5-12)9-4-2-6-13-9/h2,4,6,8,10,12H,3,5,7,11H2,1H3. The van der Waals surface area contributed by atoms with Gasteiger partial charge in [0.15, 0.2) is 0 Å². The predicted octanol–water partition coefficient (Wildman–Crippen LogP) is 2.25. The van der Waals surface area contributed by atoms with Crippen molar-refractivity contribution in [3.63, 3.8) is 0 Å². The second kappa shape index (κ2) is 6.45. The van der Waals surface area contributed by atoms with E-state index in [0.29, 0.717) is 5.25 Å². The maximum atomic E-state index is 8.71. The lowest BCUT2D eigenvalue weighted by molar-refractivity contribution is 0.296. The van der Waals surface area contributed by atoms with Crippen LogP contribution in [0.25, 0.3) is 0 Å². The molecular weight excluding hydrogens is 214 g/mol. The van der Waals surface area contributed by atoms with E-state index < -0.39 is 0 Å². The number of nitrogens with two attached hydrogens (primary N) is 1. The Hall–Kier alpha value is -0.0300. The van der Waals surface area contributed by atoms with E-state index in [1.165, 1.54) is 4.88 Å². The molecule has 3 N–H and O–H groups in total. The largest absolute Gasteiger partial charge is 0.396 e. The Morgan fingerprint density at radius 3 is 2.93 bits per heavy atom. The fraction of sp³-hybridized carbons (Fsp3) is 0.600. The summed E-state index contributed by atoms with van der Waals surface area (Å²) in [5.74, 6) is 0.973. The van der Waals surface area contributed by atoms with E-state index in [9.17, 15) is 0 Å². The highest BCUT2D eigenvalue weighted by Crippen LogP contribution is 2.34. The van der Waals surface area contributed by atoms with Crippen LogP contribution in [0.2, 0.25) is 0 Å². The highest BCUT2D eigenvalue weighted by atomic mass is 32.2. The Morgan fingerprint density at radius 1 is 1.64 bits per heavy atom. The Kier molecular flexibility index (Phi) is 5.55. The van der Waals surface area contributed by atoms with Crippen molar-refractivity contribution < 1.29 is 5.11 Å². The van der Waals surface area contributed by atoms with Crippen molar-refractivity contribution in [1.29, 1.82) is 0 Å². The molecule has 1 aromatic heterocycles. The first kappa shape index (κ1) is 12.0. The quantitative estimate of drug-likeness (QED) is 0.738. The monoisotopic (exact) mass is 231 g/mol. The molecule has 0 aliphatic heterocycles. The number of hydrogen-bond donors (Lipinski definition) is 2. The zero-order valence-electron chi connectivity index (χ0n) is 8.35. The van der Waals surface area contributed by atoms with Gasteiger partial charge < -0.3 is 10.8 Å². The van der Waals surface area contributed by atoms with Gasteiger partial charge in [-0.25, -0.2) is 0 Å². The van der Waals surface area contributed by atoms with Gasteiger partial charge in [0.1, 0.15) is 0 Å². The van der Waals surface area contributed by atoms with E-state index in [4.69, 9.17) is 10.8 Å². The number of thioether (sulfide) groups is 1. The highest BCUT2D eigenvalue weighted by molar-refractivity contribution is 7.99. The van der Waals surface area contributed by atoms with Crippen LogP contribution in [0.3, 0.4) is 0 Å². The Balaban J connectivity index is 2.48. The molecule has 1 aromatic rings. The average molecular weight is 231 g/mol. The Labute approximate surface area is 93.5 Å². The van der Waals surface area contributed by atoms with Gasteiger partial charge in [-0.1, -0.05) is 6.07 Å². The molecule has 2 atom stereocenters. The van der Waals surface area contributed by atoms with Gasteiger partial charge in [-0.05, 0) is 30.5 Å². The summed E-state index contributed by atoms with van der Waals surface area (Å²) in [5, 5.41) is 11.2. The van der Waals surface area contributed by atoms with Crippen LogP contribution in [0.5, 0.6) is 0 Å². The summed E-state index contributed by atoms with van der Waals surface area (Å²) in [5.41, 5.74) is 5.93. The van der Waals surface area contributed by atoms with E-state index in [2.05, 4.69) is 17.5 Å². The third kappa shape index (κ3) is 3.61. The highest BCUT2D eigenvalue weighted by Gasteiger charge is 2.16. The molecule has 0 aliphatic rings. The van der Waals surface area contributed by atoms with Gasteiger partial charge in [0.2, 0.25) is 0 Å². The summed E-state index contributed by atoms with van der Waals surface area (Å²) in [6.45, 7) is 2.31. The lowest BCUT2D eigenvalue weighted by atomic mass is 10.2. The van der Waals surface area contributed by atoms with Gasteiger partial charge in [0, 0.05) is 17.5 Å². The smallest absolute Gasteiger partial charge is 0.0539 e. The number of hydrogen-bond acceptors (Lipinski definition) is 4. The van der Waals surface area contributed by atoms with Crippen molar-refractivity contribution in [3.8, 4) is 0 Å². The first-order valence-corrected chi connectivity index (χ1v) is 6.70. The molecule has 80 valence electrons. The molecule has 0 saturated heterocycles. The van der Waals surface area contributed by atoms with Crippen LogP contribution < -0.4 is 5.73 Å². The van der Waals surface area contributed by atoms with Gasteiger partial charge in [0.25, 0.3) is 0 Å². The summed E-state index contributed by atoms with van der Waals surface area (Å²) in [6, 6.07) is 4.35. The molecule has 0 bridgehead atoms. The van der Waals surface area contributed by atoms with Gasteiger partial charge in [-0.3, -0.25) is 0 Å². The van der Waals surface area contributed by atoms with Crippen LogP contribution in [0, 0.1) is 0 Å². The molecule has 0 fully saturated rings. The van der Waals surface area contributed by atoms with Crippen molar-refractivity contribution in [3.05, 3.63) is 22.4 Å². The van der Waals surface area contributed by atoms with Crippen molar-refractivity contribution >= 4 is 23.1 Å². The minimum atomic E-state index is 0.164. The molecule has 0 radical (unpaired) electrons. The lowest BCUT2D eigenvalue weighted by Gasteiger charge is -2.18. The summed E-state index contributed by atoms with van der Waals surface area (Å²) < 4.78 is 0. The number of aliphatic hydroxyl groups is 1. The first-order valence-electron chi connectivity index (χ1n) is 4.77. The van der Waals surface area contributed by atoms with E-state index >= 15 is 0 Å².